The van der Waals surface area contributed by atoms with Gasteiger partial charge in [-0.15, -0.1) is 0 Å². The molecule has 0 spiro atoms. The van der Waals surface area contributed by atoms with Crippen LogP contribution in [0.3, 0.4) is 0 Å². The van der Waals surface area contributed by atoms with Crippen molar-refractivity contribution in [2.75, 3.05) is 7.05 Å². The third-order valence-electron chi connectivity index (χ3n) is 3.04. The second-order valence-corrected chi connectivity index (χ2v) is 4.76. The second kappa shape index (κ2) is 6.02. The first-order valence-corrected chi connectivity index (χ1v) is 6.29. The van der Waals surface area contributed by atoms with E-state index in [4.69, 9.17) is 5.26 Å². The number of likely N-dealkylation sites (N-methyl/N-ethyl adjacent to an activating group) is 1. The fraction of sp³-hybridized carbons (Fsp3) is 0.267. The second-order valence-electron chi connectivity index (χ2n) is 4.76. The van der Waals surface area contributed by atoms with Crippen LogP contribution >= 0.6 is 0 Å². The first-order valence-electron chi connectivity index (χ1n) is 6.29. The number of nitriles is 1. The van der Waals surface area contributed by atoms with Gasteiger partial charge in [-0.2, -0.15) is 10.4 Å². The number of carbonyl (C=O) groups excluding carboxylic acids is 1. The molecule has 0 saturated heterocycles. The van der Waals surface area contributed by atoms with E-state index in [1.54, 1.807) is 35.0 Å². The molecule has 2 aromatic rings. The molecule has 1 aromatic carbocycles. The van der Waals surface area contributed by atoms with Gasteiger partial charge in [0.25, 0.3) is 0 Å². The molecule has 0 N–H and O–H groups in total. The van der Waals surface area contributed by atoms with Crippen LogP contribution in [-0.4, -0.2) is 27.6 Å². The number of benzene rings is 1. The summed E-state index contributed by atoms with van der Waals surface area (Å²) >= 11 is 0. The number of amides is 1. The highest BCUT2D eigenvalue weighted by molar-refractivity contribution is 5.78. The fourth-order valence-corrected chi connectivity index (χ4v) is 1.92. The van der Waals surface area contributed by atoms with Crippen molar-refractivity contribution in [2.24, 2.45) is 7.05 Å². The molecule has 0 unspecified atom stereocenters. The third-order valence-corrected chi connectivity index (χ3v) is 3.04. The highest BCUT2D eigenvalue weighted by atomic mass is 16.2. The van der Waals surface area contributed by atoms with Crippen molar-refractivity contribution < 1.29 is 4.79 Å². The van der Waals surface area contributed by atoms with E-state index in [1.165, 1.54) is 0 Å². The van der Waals surface area contributed by atoms with Crippen LogP contribution in [0.5, 0.6) is 0 Å². The quantitative estimate of drug-likeness (QED) is 0.844. The van der Waals surface area contributed by atoms with Crippen molar-refractivity contribution in [3.8, 4) is 6.07 Å². The van der Waals surface area contributed by atoms with Gasteiger partial charge in [0.05, 0.1) is 24.3 Å². The average molecular weight is 268 g/mol. The Morgan fingerprint density at radius 2 is 2.05 bits per heavy atom. The molecule has 5 heteroatoms. The van der Waals surface area contributed by atoms with Crippen LogP contribution in [0.4, 0.5) is 0 Å². The Hall–Kier alpha value is -2.61. The SMILES string of the molecule is CN(Cc1cnn(C)c1)C(=O)Cc1ccc(C#N)cc1. The van der Waals surface area contributed by atoms with Crippen molar-refractivity contribution >= 4 is 5.91 Å². The van der Waals surface area contributed by atoms with E-state index in [0.29, 0.717) is 18.5 Å². The van der Waals surface area contributed by atoms with E-state index in [2.05, 4.69) is 11.2 Å². The molecule has 1 heterocycles. The predicted octanol–water partition coefficient (Wildman–Crippen LogP) is 1.49. The van der Waals surface area contributed by atoms with Gasteiger partial charge in [-0.1, -0.05) is 12.1 Å². The van der Waals surface area contributed by atoms with E-state index in [1.807, 2.05) is 25.4 Å². The molecule has 0 saturated carbocycles. The van der Waals surface area contributed by atoms with E-state index in [0.717, 1.165) is 11.1 Å². The Morgan fingerprint density at radius 1 is 1.35 bits per heavy atom. The van der Waals surface area contributed by atoms with Crippen LogP contribution < -0.4 is 0 Å². The summed E-state index contributed by atoms with van der Waals surface area (Å²) in [4.78, 5) is 13.8. The first-order chi connectivity index (χ1) is 9.58. The molecule has 1 aromatic heterocycles. The summed E-state index contributed by atoms with van der Waals surface area (Å²) < 4.78 is 1.72. The standard InChI is InChI=1S/C15H16N4O/c1-18(10-14-9-17-19(2)11-14)15(20)7-12-3-5-13(8-16)6-4-12/h3-6,9,11H,7,10H2,1-2H3. The molecule has 5 nitrogen and oxygen atoms in total. The van der Waals surface area contributed by atoms with E-state index < -0.39 is 0 Å². The summed E-state index contributed by atoms with van der Waals surface area (Å²) in [7, 11) is 3.63. The molecule has 0 bridgehead atoms. The summed E-state index contributed by atoms with van der Waals surface area (Å²) in [6, 6.07) is 9.14. The molecule has 102 valence electrons. The smallest absolute Gasteiger partial charge is 0.227 e. The minimum atomic E-state index is 0.0403. The summed E-state index contributed by atoms with van der Waals surface area (Å²) in [6.45, 7) is 0.545. The van der Waals surface area contributed by atoms with Gasteiger partial charge in [-0.25, -0.2) is 0 Å². The van der Waals surface area contributed by atoms with Gasteiger partial charge < -0.3 is 4.90 Å². The molecule has 1 amide bonds. The topological polar surface area (TPSA) is 61.9 Å². The minimum absolute atomic E-state index is 0.0403. The monoisotopic (exact) mass is 268 g/mol. The normalized spacial score (nSPS) is 10.1. The summed E-state index contributed by atoms with van der Waals surface area (Å²) in [5.74, 6) is 0.0403. The van der Waals surface area contributed by atoms with Crippen molar-refractivity contribution in [3.05, 3.63) is 53.3 Å². The Labute approximate surface area is 118 Å². The van der Waals surface area contributed by atoms with Crippen molar-refractivity contribution in [3.63, 3.8) is 0 Å². The van der Waals surface area contributed by atoms with Gasteiger partial charge in [0.2, 0.25) is 5.91 Å². The maximum Gasteiger partial charge on any atom is 0.227 e. The molecule has 0 radical (unpaired) electrons. The van der Waals surface area contributed by atoms with Crippen molar-refractivity contribution in [1.82, 2.24) is 14.7 Å². The zero-order chi connectivity index (χ0) is 14.5. The van der Waals surface area contributed by atoms with Crippen molar-refractivity contribution in [1.29, 1.82) is 5.26 Å². The molecule has 0 aliphatic heterocycles. The third kappa shape index (κ3) is 3.45. The lowest BCUT2D eigenvalue weighted by Gasteiger charge is -2.16. The maximum atomic E-state index is 12.1. The molecular formula is C15H16N4O. The maximum absolute atomic E-state index is 12.1. The van der Waals surface area contributed by atoms with Crippen LogP contribution in [0.1, 0.15) is 16.7 Å². The Bertz CT molecular complexity index is 637. The largest absolute Gasteiger partial charge is 0.341 e. The minimum Gasteiger partial charge on any atom is -0.341 e. The lowest BCUT2D eigenvalue weighted by molar-refractivity contribution is -0.129. The zero-order valence-corrected chi connectivity index (χ0v) is 11.6. The van der Waals surface area contributed by atoms with E-state index in [9.17, 15) is 4.79 Å². The molecule has 0 atom stereocenters. The van der Waals surface area contributed by atoms with E-state index in [-0.39, 0.29) is 5.91 Å². The number of hydrogen-bond donors (Lipinski definition) is 0. The van der Waals surface area contributed by atoms with Gasteiger partial charge in [0, 0.05) is 32.4 Å². The molecule has 0 fully saturated rings. The highest BCUT2D eigenvalue weighted by Gasteiger charge is 2.11. The number of aromatic nitrogens is 2. The summed E-state index contributed by atoms with van der Waals surface area (Å²) in [6.07, 6.45) is 3.99. The van der Waals surface area contributed by atoms with Gasteiger partial charge >= 0.3 is 0 Å². The van der Waals surface area contributed by atoms with Crippen LogP contribution in [-0.2, 0) is 24.8 Å². The Balaban J connectivity index is 1.95. The molecule has 0 aliphatic carbocycles. The average Bonchev–Trinajstić information content (AvgIpc) is 2.85. The zero-order valence-electron chi connectivity index (χ0n) is 11.6. The predicted molar refractivity (Wildman–Crippen MR) is 74.5 cm³/mol. The van der Waals surface area contributed by atoms with E-state index >= 15 is 0 Å². The van der Waals surface area contributed by atoms with Crippen LogP contribution in [0.25, 0.3) is 0 Å². The van der Waals surface area contributed by atoms with Gasteiger partial charge in [-0.3, -0.25) is 9.48 Å². The molecular weight excluding hydrogens is 252 g/mol. The lowest BCUT2D eigenvalue weighted by atomic mass is 10.1. The first kappa shape index (κ1) is 13.8. The summed E-state index contributed by atoms with van der Waals surface area (Å²) in [5.41, 5.74) is 2.51. The Morgan fingerprint density at radius 3 is 2.60 bits per heavy atom. The van der Waals surface area contributed by atoms with Crippen molar-refractivity contribution in [2.45, 2.75) is 13.0 Å². The fourth-order valence-electron chi connectivity index (χ4n) is 1.92. The van der Waals surface area contributed by atoms with Crippen LogP contribution in [0.15, 0.2) is 36.7 Å². The number of carbonyl (C=O) groups is 1. The number of aryl methyl sites for hydroxylation is 1. The van der Waals surface area contributed by atoms with Crippen LogP contribution in [0, 0.1) is 11.3 Å². The number of nitrogens with zero attached hydrogens (tertiary/aromatic N) is 4. The van der Waals surface area contributed by atoms with Gasteiger partial charge in [0.1, 0.15) is 0 Å². The lowest BCUT2D eigenvalue weighted by Crippen LogP contribution is -2.27. The van der Waals surface area contributed by atoms with Gasteiger partial charge in [-0.05, 0) is 17.7 Å². The highest BCUT2D eigenvalue weighted by Crippen LogP contribution is 2.07. The number of hydrogen-bond acceptors (Lipinski definition) is 3. The number of rotatable bonds is 4. The van der Waals surface area contributed by atoms with Crippen LogP contribution in [0.2, 0.25) is 0 Å². The molecule has 20 heavy (non-hydrogen) atoms. The molecule has 0 aliphatic rings. The van der Waals surface area contributed by atoms with Gasteiger partial charge in [0.15, 0.2) is 0 Å². The summed E-state index contributed by atoms with van der Waals surface area (Å²) in [5, 5.41) is 12.8. The molecule has 2 rings (SSSR count). The Kier molecular flexibility index (Phi) is 4.16.